The lowest BCUT2D eigenvalue weighted by Crippen LogP contribution is -2.42. The number of aliphatic hydroxyl groups excluding tert-OH is 1. The van der Waals surface area contributed by atoms with Gasteiger partial charge >= 0.3 is 0 Å². The summed E-state index contributed by atoms with van der Waals surface area (Å²) in [6, 6.07) is 13.7. The minimum atomic E-state index is -0.770. The predicted molar refractivity (Wildman–Crippen MR) is 112 cm³/mol. The zero-order valence-corrected chi connectivity index (χ0v) is 17.2. The van der Waals surface area contributed by atoms with Crippen LogP contribution in [0.4, 0.5) is 4.39 Å². The molecule has 0 saturated carbocycles. The zero-order valence-electron chi connectivity index (χ0n) is 17.2. The van der Waals surface area contributed by atoms with Crippen molar-refractivity contribution in [3.05, 3.63) is 59.9 Å². The van der Waals surface area contributed by atoms with E-state index < -0.39 is 6.10 Å². The highest BCUT2D eigenvalue weighted by Crippen LogP contribution is 2.22. The van der Waals surface area contributed by atoms with Crippen molar-refractivity contribution in [3.63, 3.8) is 0 Å². The van der Waals surface area contributed by atoms with Gasteiger partial charge in [-0.2, -0.15) is 0 Å². The van der Waals surface area contributed by atoms with Crippen LogP contribution in [0.3, 0.4) is 0 Å². The number of ether oxygens (including phenoxy) is 2. The summed E-state index contributed by atoms with van der Waals surface area (Å²) in [6.45, 7) is 1.75. The standard InChI is InChI=1S/C23H29FN2O4/c1-29-21-3-2-4-22(13-21)30-16-20(27)15-26-19(9-10-23(26)28)11-12-25-14-17-5-7-18(24)8-6-17/h2-8,13,19-20,25,27H,9-12,14-16H2,1H3/t19-,20+/m1/s1. The first-order chi connectivity index (χ1) is 14.5. The van der Waals surface area contributed by atoms with E-state index in [0.717, 1.165) is 24.9 Å². The first-order valence-electron chi connectivity index (χ1n) is 10.2. The number of rotatable bonds is 11. The molecule has 7 heteroatoms. The summed E-state index contributed by atoms with van der Waals surface area (Å²) >= 11 is 0. The molecule has 2 atom stereocenters. The Morgan fingerprint density at radius 3 is 2.77 bits per heavy atom. The van der Waals surface area contributed by atoms with Crippen LogP contribution in [0, 0.1) is 5.82 Å². The Labute approximate surface area is 176 Å². The monoisotopic (exact) mass is 416 g/mol. The molecule has 2 aromatic carbocycles. The van der Waals surface area contributed by atoms with Gasteiger partial charge in [0.25, 0.3) is 0 Å². The van der Waals surface area contributed by atoms with Crippen molar-refractivity contribution in [2.75, 3.05) is 26.8 Å². The van der Waals surface area contributed by atoms with Crippen LogP contribution in [0.25, 0.3) is 0 Å². The average Bonchev–Trinajstić information content (AvgIpc) is 3.10. The second kappa shape index (κ2) is 10.9. The minimum Gasteiger partial charge on any atom is -0.497 e. The Morgan fingerprint density at radius 2 is 2.00 bits per heavy atom. The maximum absolute atomic E-state index is 13.0. The third-order valence-corrected chi connectivity index (χ3v) is 5.24. The highest BCUT2D eigenvalue weighted by atomic mass is 19.1. The van der Waals surface area contributed by atoms with Gasteiger partial charge in [-0.1, -0.05) is 18.2 Å². The van der Waals surface area contributed by atoms with Gasteiger partial charge in [-0.3, -0.25) is 4.79 Å². The molecule has 1 aliphatic rings. The quantitative estimate of drug-likeness (QED) is 0.551. The van der Waals surface area contributed by atoms with Crippen molar-refractivity contribution < 1.29 is 23.8 Å². The normalized spacial score (nSPS) is 17.2. The van der Waals surface area contributed by atoms with Crippen LogP contribution in [0.2, 0.25) is 0 Å². The largest absolute Gasteiger partial charge is 0.497 e. The summed E-state index contributed by atoms with van der Waals surface area (Å²) in [6.07, 6.45) is 1.33. The van der Waals surface area contributed by atoms with Crippen molar-refractivity contribution in [2.24, 2.45) is 0 Å². The lowest BCUT2D eigenvalue weighted by Gasteiger charge is -2.27. The fourth-order valence-corrected chi connectivity index (χ4v) is 3.61. The third-order valence-electron chi connectivity index (χ3n) is 5.24. The molecule has 1 amide bonds. The summed E-state index contributed by atoms with van der Waals surface area (Å²) in [5.74, 6) is 1.12. The molecule has 0 bridgehead atoms. The Hall–Kier alpha value is -2.64. The van der Waals surface area contributed by atoms with E-state index >= 15 is 0 Å². The number of hydrogen-bond donors (Lipinski definition) is 2. The third kappa shape index (κ3) is 6.43. The van der Waals surface area contributed by atoms with Crippen LogP contribution >= 0.6 is 0 Å². The number of hydrogen-bond acceptors (Lipinski definition) is 5. The van der Waals surface area contributed by atoms with E-state index in [-0.39, 0.29) is 30.9 Å². The van der Waals surface area contributed by atoms with Crippen LogP contribution in [-0.2, 0) is 11.3 Å². The molecule has 3 rings (SSSR count). The average molecular weight is 416 g/mol. The second-order valence-electron chi connectivity index (χ2n) is 7.47. The van der Waals surface area contributed by atoms with Gasteiger partial charge in [0.15, 0.2) is 0 Å². The van der Waals surface area contributed by atoms with Crippen LogP contribution in [-0.4, -0.2) is 54.9 Å². The van der Waals surface area contributed by atoms with E-state index in [2.05, 4.69) is 5.32 Å². The Kier molecular flexibility index (Phi) is 8.04. The van der Waals surface area contributed by atoms with Crippen LogP contribution in [0.1, 0.15) is 24.8 Å². The number of β-amino-alcohol motifs (C(OH)–C–C–N with tert-alkyl or cyclic N) is 1. The predicted octanol–water partition coefficient (Wildman–Crippen LogP) is 2.74. The number of nitrogens with one attached hydrogen (secondary N) is 1. The number of methoxy groups -OCH3 is 1. The fourth-order valence-electron chi connectivity index (χ4n) is 3.61. The van der Waals surface area contributed by atoms with Gasteiger partial charge in [0.05, 0.1) is 13.7 Å². The van der Waals surface area contributed by atoms with Crippen LogP contribution in [0.5, 0.6) is 11.5 Å². The summed E-state index contributed by atoms with van der Waals surface area (Å²) in [7, 11) is 1.58. The molecule has 6 nitrogen and oxygen atoms in total. The molecule has 0 unspecified atom stereocenters. The Morgan fingerprint density at radius 1 is 1.23 bits per heavy atom. The molecule has 2 aromatic rings. The van der Waals surface area contributed by atoms with Crippen molar-refractivity contribution in [1.29, 1.82) is 0 Å². The van der Waals surface area contributed by atoms with Crippen molar-refractivity contribution in [3.8, 4) is 11.5 Å². The van der Waals surface area contributed by atoms with E-state index in [0.29, 0.717) is 24.5 Å². The molecule has 0 spiro atoms. The highest BCUT2D eigenvalue weighted by molar-refractivity contribution is 5.78. The number of amides is 1. The van der Waals surface area contributed by atoms with E-state index in [4.69, 9.17) is 9.47 Å². The van der Waals surface area contributed by atoms with E-state index in [1.54, 1.807) is 36.3 Å². The molecular formula is C23H29FN2O4. The summed E-state index contributed by atoms with van der Waals surface area (Å²) in [5, 5.41) is 13.7. The van der Waals surface area contributed by atoms with Gasteiger partial charge in [0, 0.05) is 25.1 Å². The van der Waals surface area contributed by atoms with Gasteiger partial charge in [-0.25, -0.2) is 4.39 Å². The van der Waals surface area contributed by atoms with Crippen molar-refractivity contribution in [2.45, 2.75) is 38.0 Å². The number of benzene rings is 2. The summed E-state index contributed by atoms with van der Waals surface area (Å²) in [5.41, 5.74) is 1.01. The molecule has 162 valence electrons. The first kappa shape index (κ1) is 22.1. The molecule has 2 N–H and O–H groups in total. The van der Waals surface area contributed by atoms with Crippen LogP contribution in [0.15, 0.2) is 48.5 Å². The minimum absolute atomic E-state index is 0.0685. The number of carbonyl (C=O) groups is 1. The molecule has 30 heavy (non-hydrogen) atoms. The smallest absolute Gasteiger partial charge is 0.222 e. The van der Waals surface area contributed by atoms with Gasteiger partial charge < -0.3 is 24.8 Å². The highest BCUT2D eigenvalue weighted by Gasteiger charge is 2.31. The van der Waals surface area contributed by atoms with Crippen molar-refractivity contribution in [1.82, 2.24) is 10.2 Å². The molecular weight excluding hydrogens is 387 g/mol. The van der Waals surface area contributed by atoms with Gasteiger partial charge in [-0.05, 0) is 49.2 Å². The van der Waals surface area contributed by atoms with E-state index in [1.807, 2.05) is 12.1 Å². The molecule has 0 aliphatic carbocycles. The lowest BCUT2D eigenvalue weighted by atomic mass is 10.1. The molecule has 0 aromatic heterocycles. The van der Waals surface area contributed by atoms with Gasteiger partial charge in [0.2, 0.25) is 5.91 Å². The number of nitrogens with zero attached hydrogens (tertiary/aromatic N) is 1. The number of likely N-dealkylation sites (tertiary alicyclic amines) is 1. The van der Waals surface area contributed by atoms with Gasteiger partial charge in [0.1, 0.15) is 30.0 Å². The number of carbonyl (C=O) groups excluding carboxylic acids is 1. The molecule has 0 radical (unpaired) electrons. The summed E-state index contributed by atoms with van der Waals surface area (Å²) in [4.78, 5) is 14.0. The topological polar surface area (TPSA) is 71.0 Å². The van der Waals surface area contributed by atoms with E-state index in [1.165, 1.54) is 12.1 Å². The fraction of sp³-hybridized carbons (Fsp3) is 0.435. The molecule has 1 heterocycles. The maximum Gasteiger partial charge on any atom is 0.222 e. The zero-order chi connectivity index (χ0) is 21.3. The summed E-state index contributed by atoms with van der Waals surface area (Å²) < 4.78 is 23.8. The van der Waals surface area contributed by atoms with Crippen molar-refractivity contribution >= 4 is 5.91 Å². The number of aliphatic hydroxyl groups is 1. The maximum atomic E-state index is 13.0. The molecule has 1 saturated heterocycles. The SMILES string of the molecule is COc1cccc(OC[C@@H](O)CN2C(=O)CC[C@@H]2CCNCc2ccc(F)cc2)c1. The Bertz CT molecular complexity index is 815. The molecule has 1 fully saturated rings. The van der Waals surface area contributed by atoms with Gasteiger partial charge in [-0.15, -0.1) is 0 Å². The lowest BCUT2D eigenvalue weighted by molar-refractivity contribution is -0.130. The number of halogens is 1. The molecule has 1 aliphatic heterocycles. The van der Waals surface area contributed by atoms with E-state index in [9.17, 15) is 14.3 Å². The Balaban J connectivity index is 1.41. The second-order valence-corrected chi connectivity index (χ2v) is 7.47. The first-order valence-corrected chi connectivity index (χ1v) is 10.2. The van der Waals surface area contributed by atoms with Crippen LogP contribution < -0.4 is 14.8 Å².